The van der Waals surface area contributed by atoms with E-state index in [2.05, 4.69) is 5.32 Å². The Morgan fingerprint density at radius 2 is 2.00 bits per heavy atom. The fraction of sp³-hybridized carbons (Fsp3) is 0.923. The van der Waals surface area contributed by atoms with E-state index in [9.17, 15) is 4.79 Å². The Bertz CT molecular complexity index is 249. The van der Waals surface area contributed by atoms with Crippen LogP contribution in [-0.4, -0.2) is 50.2 Å². The molecule has 2 heterocycles. The molecule has 0 aliphatic carbocycles. The van der Waals surface area contributed by atoms with Crippen LogP contribution >= 0.6 is 12.4 Å². The highest BCUT2D eigenvalue weighted by Gasteiger charge is 2.28. The molecule has 0 bridgehead atoms. The van der Waals surface area contributed by atoms with Gasteiger partial charge in [0.25, 0.3) is 0 Å². The van der Waals surface area contributed by atoms with Crippen LogP contribution in [0.3, 0.4) is 0 Å². The molecule has 0 aromatic carbocycles. The molecule has 0 unspecified atom stereocenters. The largest absolute Gasteiger partial charge is 0.384 e. The molecule has 5 heteroatoms. The molecule has 0 aromatic heterocycles. The summed E-state index contributed by atoms with van der Waals surface area (Å²) in [7, 11) is 1.75. The maximum absolute atomic E-state index is 12.2. The Morgan fingerprint density at radius 3 is 2.56 bits per heavy atom. The summed E-state index contributed by atoms with van der Waals surface area (Å²) >= 11 is 0. The topological polar surface area (TPSA) is 41.6 Å². The van der Waals surface area contributed by atoms with E-state index in [4.69, 9.17) is 4.74 Å². The van der Waals surface area contributed by atoms with Crippen molar-refractivity contribution in [1.29, 1.82) is 0 Å². The van der Waals surface area contributed by atoms with Gasteiger partial charge in [-0.1, -0.05) is 6.42 Å². The molecule has 2 rings (SSSR count). The number of piperidine rings is 2. The maximum atomic E-state index is 12.2. The van der Waals surface area contributed by atoms with E-state index in [0.29, 0.717) is 11.8 Å². The Morgan fingerprint density at radius 1 is 1.28 bits per heavy atom. The third-order valence-corrected chi connectivity index (χ3v) is 3.94. The number of nitrogens with one attached hydrogen (secondary N) is 1. The first-order valence-electron chi connectivity index (χ1n) is 6.82. The summed E-state index contributed by atoms with van der Waals surface area (Å²) in [5.41, 5.74) is 0. The highest BCUT2D eigenvalue weighted by Crippen LogP contribution is 2.19. The van der Waals surface area contributed by atoms with Crippen LogP contribution < -0.4 is 5.32 Å². The van der Waals surface area contributed by atoms with Crippen molar-refractivity contribution in [1.82, 2.24) is 10.2 Å². The number of rotatable bonds is 3. The summed E-state index contributed by atoms with van der Waals surface area (Å²) in [5.74, 6) is 0.962. The number of likely N-dealkylation sites (tertiary alicyclic amines) is 1. The van der Waals surface area contributed by atoms with Gasteiger partial charge in [0.05, 0.1) is 6.04 Å². The minimum atomic E-state index is 0. The van der Waals surface area contributed by atoms with Gasteiger partial charge in [-0.3, -0.25) is 4.79 Å². The number of amides is 1. The van der Waals surface area contributed by atoms with Crippen molar-refractivity contribution in [2.45, 2.75) is 38.1 Å². The summed E-state index contributed by atoms with van der Waals surface area (Å²) in [6, 6.07) is 0.0859. The minimum absolute atomic E-state index is 0. The quantitative estimate of drug-likeness (QED) is 0.848. The Labute approximate surface area is 116 Å². The van der Waals surface area contributed by atoms with Gasteiger partial charge in [-0.15, -0.1) is 12.4 Å². The smallest absolute Gasteiger partial charge is 0.239 e. The second-order valence-corrected chi connectivity index (χ2v) is 5.23. The first-order chi connectivity index (χ1) is 8.31. The molecule has 2 saturated heterocycles. The molecule has 1 amide bonds. The van der Waals surface area contributed by atoms with Crippen LogP contribution in [0, 0.1) is 5.92 Å². The summed E-state index contributed by atoms with van der Waals surface area (Å²) in [4.78, 5) is 14.3. The number of methoxy groups -OCH3 is 1. The summed E-state index contributed by atoms with van der Waals surface area (Å²) in [5, 5.41) is 3.34. The fourth-order valence-corrected chi connectivity index (χ4v) is 2.84. The molecule has 18 heavy (non-hydrogen) atoms. The molecule has 1 N–H and O–H groups in total. The number of ether oxygens (including phenoxy) is 1. The molecule has 2 aliphatic rings. The molecule has 0 aromatic rings. The van der Waals surface area contributed by atoms with E-state index in [1.807, 2.05) is 4.90 Å². The first kappa shape index (κ1) is 15.7. The predicted molar refractivity (Wildman–Crippen MR) is 74.1 cm³/mol. The van der Waals surface area contributed by atoms with Crippen molar-refractivity contribution >= 4 is 18.3 Å². The van der Waals surface area contributed by atoms with Crippen LogP contribution in [0.5, 0.6) is 0 Å². The summed E-state index contributed by atoms with van der Waals surface area (Å²) < 4.78 is 5.18. The Hall–Kier alpha value is -0.320. The van der Waals surface area contributed by atoms with Gasteiger partial charge < -0.3 is 15.0 Å². The number of carbonyl (C=O) groups is 1. The highest BCUT2D eigenvalue weighted by molar-refractivity contribution is 5.85. The highest BCUT2D eigenvalue weighted by atomic mass is 35.5. The number of hydrogen-bond donors (Lipinski definition) is 1. The van der Waals surface area contributed by atoms with Gasteiger partial charge in [-0.2, -0.15) is 0 Å². The zero-order valence-corrected chi connectivity index (χ0v) is 12.0. The van der Waals surface area contributed by atoms with Gasteiger partial charge in [-0.25, -0.2) is 0 Å². The Balaban J connectivity index is 0.00000162. The van der Waals surface area contributed by atoms with Crippen LogP contribution in [0.2, 0.25) is 0 Å². The van der Waals surface area contributed by atoms with Crippen LogP contribution in [0.25, 0.3) is 0 Å². The van der Waals surface area contributed by atoms with E-state index in [-0.39, 0.29) is 18.4 Å². The second-order valence-electron chi connectivity index (χ2n) is 5.23. The molecular formula is C13H25ClN2O2. The summed E-state index contributed by atoms with van der Waals surface area (Å²) in [6.45, 7) is 3.65. The first-order valence-corrected chi connectivity index (χ1v) is 6.82. The van der Waals surface area contributed by atoms with E-state index in [0.717, 1.165) is 45.5 Å². The molecule has 1 atom stereocenters. The lowest BCUT2D eigenvalue weighted by Gasteiger charge is -2.35. The molecular weight excluding hydrogens is 252 g/mol. The molecule has 0 radical (unpaired) electrons. The van der Waals surface area contributed by atoms with Gasteiger partial charge >= 0.3 is 0 Å². The Kier molecular flexibility index (Phi) is 6.97. The molecule has 0 spiro atoms. The number of hydrogen-bond acceptors (Lipinski definition) is 3. The van der Waals surface area contributed by atoms with Crippen molar-refractivity contribution in [2.75, 3.05) is 33.4 Å². The minimum Gasteiger partial charge on any atom is -0.384 e. The predicted octanol–water partition coefficient (Wildman–Crippen LogP) is 1.44. The number of halogens is 1. The van der Waals surface area contributed by atoms with Crippen LogP contribution in [0.15, 0.2) is 0 Å². The normalized spacial score (nSPS) is 25.6. The van der Waals surface area contributed by atoms with Crippen LogP contribution in [-0.2, 0) is 9.53 Å². The van der Waals surface area contributed by atoms with Crippen molar-refractivity contribution in [3.8, 4) is 0 Å². The molecule has 2 fully saturated rings. The average molecular weight is 277 g/mol. The zero-order chi connectivity index (χ0) is 12.1. The van der Waals surface area contributed by atoms with E-state index >= 15 is 0 Å². The molecule has 106 valence electrons. The third-order valence-electron chi connectivity index (χ3n) is 3.94. The number of nitrogens with zero attached hydrogens (tertiary/aromatic N) is 1. The lowest BCUT2D eigenvalue weighted by molar-refractivity contribution is -0.135. The van der Waals surface area contributed by atoms with E-state index in [1.54, 1.807) is 7.11 Å². The van der Waals surface area contributed by atoms with Crippen LogP contribution in [0.1, 0.15) is 32.1 Å². The van der Waals surface area contributed by atoms with Gasteiger partial charge in [0.1, 0.15) is 0 Å². The van der Waals surface area contributed by atoms with Gasteiger partial charge in [0.15, 0.2) is 0 Å². The average Bonchev–Trinajstić information content (AvgIpc) is 2.40. The molecule has 0 saturated carbocycles. The van der Waals surface area contributed by atoms with E-state index < -0.39 is 0 Å². The van der Waals surface area contributed by atoms with Crippen LogP contribution in [0.4, 0.5) is 0 Å². The molecule has 2 aliphatic heterocycles. The van der Waals surface area contributed by atoms with Gasteiger partial charge in [0.2, 0.25) is 5.91 Å². The lowest BCUT2D eigenvalue weighted by Crippen LogP contribution is -2.50. The maximum Gasteiger partial charge on any atom is 0.239 e. The standard InChI is InChI=1S/C13H24N2O2.ClH/c1-17-10-11-5-8-15(9-6-11)13(16)12-4-2-3-7-14-12;/h11-12,14H,2-10H2,1H3;1H/t12-;/m1./s1. The van der Waals surface area contributed by atoms with Crippen molar-refractivity contribution in [3.63, 3.8) is 0 Å². The van der Waals surface area contributed by atoms with E-state index in [1.165, 1.54) is 12.8 Å². The summed E-state index contributed by atoms with van der Waals surface area (Å²) in [6.07, 6.45) is 5.58. The number of carbonyl (C=O) groups excluding carboxylic acids is 1. The van der Waals surface area contributed by atoms with Gasteiger partial charge in [0, 0.05) is 26.8 Å². The van der Waals surface area contributed by atoms with Crippen molar-refractivity contribution in [3.05, 3.63) is 0 Å². The SMILES string of the molecule is COCC1CCN(C(=O)[C@H]2CCCCN2)CC1.Cl. The van der Waals surface area contributed by atoms with Crippen molar-refractivity contribution in [2.24, 2.45) is 5.92 Å². The molecule has 4 nitrogen and oxygen atoms in total. The monoisotopic (exact) mass is 276 g/mol. The lowest BCUT2D eigenvalue weighted by atomic mass is 9.96. The third kappa shape index (κ3) is 4.11. The fourth-order valence-electron chi connectivity index (χ4n) is 2.84. The zero-order valence-electron chi connectivity index (χ0n) is 11.2. The van der Waals surface area contributed by atoms with Gasteiger partial charge in [-0.05, 0) is 38.1 Å². The second kappa shape index (κ2) is 7.97. The van der Waals surface area contributed by atoms with Crippen molar-refractivity contribution < 1.29 is 9.53 Å².